The third kappa shape index (κ3) is 5.13. The first-order valence-electron chi connectivity index (χ1n) is 18.8. The van der Waals surface area contributed by atoms with E-state index in [0.717, 1.165) is 61.4 Å². The van der Waals surface area contributed by atoms with Gasteiger partial charge in [-0.15, -0.1) is 0 Å². The number of hydrogen-bond acceptors (Lipinski definition) is 2. The van der Waals surface area contributed by atoms with Crippen molar-refractivity contribution in [3.8, 4) is 27.9 Å². The minimum atomic E-state index is 0.900. The summed E-state index contributed by atoms with van der Waals surface area (Å²) in [7, 11) is 0. The summed E-state index contributed by atoms with van der Waals surface area (Å²) in [5.41, 5.74) is 13.0. The lowest BCUT2D eigenvalue weighted by atomic mass is 10.00. The van der Waals surface area contributed by atoms with Crippen molar-refractivity contribution in [2.45, 2.75) is 0 Å². The summed E-state index contributed by atoms with van der Waals surface area (Å²) < 4.78 is 8.91. The maximum Gasteiger partial charge on any atom is 0.143 e. The highest BCUT2D eigenvalue weighted by atomic mass is 16.3. The van der Waals surface area contributed by atoms with Crippen molar-refractivity contribution in [3.05, 3.63) is 206 Å². The van der Waals surface area contributed by atoms with Gasteiger partial charge >= 0.3 is 0 Å². The fourth-order valence-corrected chi connectivity index (χ4v) is 8.46. The molecule has 11 rings (SSSR count). The van der Waals surface area contributed by atoms with Crippen molar-refractivity contribution in [1.82, 2.24) is 4.57 Å². The van der Waals surface area contributed by atoms with Crippen molar-refractivity contribution in [2.24, 2.45) is 0 Å². The first kappa shape index (κ1) is 31.2. The van der Waals surface area contributed by atoms with Crippen LogP contribution in [-0.2, 0) is 0 Å². The molecule has 55 heavy (non-hydrogen) atoms. The largest absolute Gasteiger partial charge is 0.455 e. The number of aromatic nitrogens is 1. The fraction of sp³-hybridized carbons (Fsp3) is 0. The molecule has 0 aliphatic carbocycles. The molecule has 0 N–H and O–H groups in total. The molecule has 0 saturated heterocycles. The van der Waals surface area contributed by atoms with Crippen molar-refractivity contribution in [1.29, 1.82) is 0 Å². The highest BCUT2D eigenvalue weighted by Gasteiger charge is 2.19. The lowest BCUT2D eigenvalue weighted by Crippen LogP contribution is -2.10. The molecule has 0 aliphatic heterocycles. The van der Waals surface area contributed by atoms with Crippen LogP contribution in [0.25, 0.3) is 82.5 Å². The van der Waals surface area contributed by atoms with E-state index in [-0.39, 0.29) is 0 Å². The van der Waals surface area contributed by atoms with Crippen LogP contribution in [0.4, 0.5) is 17.1 Å². The van der Waals surface area contributed by atoms with Crippen LogP contribution in [0.5, 0.6) is 0 Å². The molecule has 0 atom stereocenters. The lowest BCUT2D eigenvalue weighted by Gasteiger charge is -2.27. The molecule has 0 aliphatic rings. The Morgan fingerprint density at radius 2 is 0.909 bits per heavy atom. The van der Waals surface area contributed by atoms with E-state index in [1.165, 1.54) is 38.1 Å². The van der Waals surface area contributed by atoms with E-state index in [2.05, 4.69) is 204 Å². The van der Waals surface area contributed by atoms with Gasteiger partial charge in [0.25, 0.3) is 0 Å². The van der Waals surface area contributed by atoms with Gasteiger partial charge in [0.2, 0.25) is 0 Å². The number of nitrogens with zero attached hydrogens (tertiary/aromatic N) is 2. The number of para-hydroxylation sites is 5. The average Bonchev–Trinajstić information content (AvgIpc) is 3.80. The van der Waals surface area contributed by atoms with Gasteiger partial charge in [0.15, 0.2) is 0 Å². The Morgan fingerprint density at radius 1 is 0.364 bits per heavy atom. The van der Waals surface area contributed by atoms with Gasteiger partial charge in [-0.25, -0.2) is 0 Å². The second-order valence-corrected chi connectivity index (χ2v) is 14.1. The van der Waals surface area contributed by atoms with Crippen molar-refractivity contribution >= 4 is 71.6 Å². The second kappa shape index (κ2) is 12.6. The first-order chi connectivity index (χ1) is 27.3. The molecule has 258 valence electrons. The van der Waals surface area contributed by atoms with Crippen molar-refractivity contribution < 1.29 is 4.42 Å². The van der Waals surface area contributed by atoms with Crippen LogP contribution >= 0.6 is 0 Å². The molecule has 3 nitrogen and oxygen atoms in total. The number of rotatable bonds is 6. The molecule has 2 aromatic heterocycles. The monoisotopic (exact) mass is 702 g/mol. The van der Waals surface area contributed by atoms with E-state index in [0.29, 0.717) is 0 Å². The smallest absolute Gasteiger partial charge is 0.143 e. The highest BCUT2D eigenvalue weighted by Crippen LogP contribution is 2.43. The van der Waals surface area contributed by atoms with Crippen LogP contribution in [-0.4, -0.2) is 4.57 Å². The molecule has 11 aromatic rings. The van der Waals surface area contributed by atoms with Crippen LogP contribution in [0.2, 0.25) is 0 Å². The van der Waals surface area contributed by atoms with Gasteiger partial charge < -0.3 is 13.9 Å². The molecule has 0 unspecified atom stereocenters. The number of fused-ring (bicyclic) bond motifs is 7. The van der Waals surface area contributed by atoms with Crippen LogP contribution < -0.4 is 4.90 Å². The van der Waals surface area contributed by atoms with Gasteiger partial charge in [0.05, 0.1) is 16.7 Å². The van der Waals surface area contributed by atoms with Crippen LogP contribution in [0.15, 0.2) is 211 Å². The molecular weight excluding hydrogens is 669 g/mol. The SMILES string of the molecule is c1cc(-c2ccccc2-n2c3ccccc3c3ccccc32)cc(N(c2cccc(-c3cccc4c3oc3ccccc34)c2)c2ccc3ccccc3c2)c1. The number of anilines is 3. The zero-order valence-electron chi connectivity index (χ0n) is 29.9. The van der Waals surface area contributed by atoms with E-state index in [1.54, 1.807) is 0 Å². The van der Waals surface area contributed by atoms with E-state index < -0.39 is 0 Å². The molecule has 9 aromatic carbocycles. The number of benzene rings is 9. The quantitative estimate of drug-likeness (QED) is 0.172. The van der Waals surface area contributed by atoms with E-state index >= 15 is 0 Å². The standard InChI is InChI=1S/C52H34N2O/c1-2-15-36-32-41(31-30-35(36)14-1)53(40-19-12-17-38(34-40)43-24-13-25-47-46-23-6-10-29-51(46)55-52(43)47)39-18-11-16-37(33-39)42-20-3-7-26-48(42)54-49-27-8-4-21-44(49)45-22-5-9-28-50(45)54/h1-34H. The topological polar surface area (TPSA) is 21.3 Å². The zero-order chi connectivity index (χ0) is 36.3. The van der Waals surface area contributed by atoms with Crippen LogP contribution in [0.1, 0.15) is 0 Å². The summed E-state index contributed by atoms with van der Waals surface area (Å²) in [5, 5.41) is 7.17. The zero-order valence-corrected chi connectivity index (χ0v) is 29.9. The van der Waals surface area contributed by atoms with E-state index in [4.69, 9.17) is 4.42 Å². The molecule has 0 saturated carbocycles. The van der Waals surface area contributed by atoms with Gasteiger partial charge in [0.1, 0.15) is 11.2 Å². The Morgan fingerprint density at radius 3 is 1.67 bits per heavy atom. The van der Waals surface area contributed by atoms with Crippen LogP contribution in [0, 0.1) is 0 Å². The molecule has 0 amide bonds. The number of hydrogen-bond donors (Lipinski definition) is 0. The maximum absolute atomic E-state index is 6.50. The van der Waals surface area contributed by atoms with Crippen LogP contribution in [0.3, 0.4) is 0 Å². The Labute approximate surface area is 318 Å². The Bertz CT molecular complexity index is 3190. The molecule has 0 fully saturated rings. The first-order valence-corrected chi connectivity index (χ1v) is 18.8. The second-order valence-electron chi connectivity index (χ2n) is 14.1. The predicted octanol–water partition coefficient (Wildman–Crippen LogP) is 14.6. The average molecular weight is 703 g/mol. The molecule has 2 heterocycles. The van der Waals surface area contributed by atoms with Gasteiger partial charge in [-0.05, 0) is 82.6 Å². The molecular formula is C52H34N2O. The predicted molar refractivity (Wildman–Crippen MR) is 231 cm³/mol. The lowest BCUT2D eigenvalue weighted by molar-refractivity contribution is 0.670. The molecule has 0 bridgehead atoms. The molecule has 3 heteroatoms. The van der Waals surface area contributed by atoms with E-state index in [9.17, 15) is 0 Å². The van der Waals surface area contributed by atoms with E-state index in [1.807, 2.05) is 12.1 Å². The summed E-state index contributed by atoms with van der Waals surface area (Å²) in [6, 6.07) is 74.0. The van der Waals surface area contributed by atoms with Gasteiger partial charge in [0, 0.05) is 49.7 Å². The minimum Gasteiger partial charge on any atom is -0.455 e. The van der Waals surface area contributed by atoms with Crippen molar-refractivity contribution in [3.63, 3.8) is 0 Å². The Hall–Kier alpha value is -7.36. The highest BCUT2D eigenvalue weighted by molar-refractivity contribution is 6.11. The molecule has 0 spiro atoms. The maximum atomic E-state index is 6.50. The van der Waals surface area contributed by atoms with Crippen molar-refractivity contribution in [2.75, 3.05) is 4.90 Å². The minimum absolute atomic E-state index is 0.900. The van der Waals surface area contributed by atoms with Gasteiger partial charge in [-0.3, -0.25) is 0 Å². The summed E-state index contributed by atoms with van der Waals surface area (Å²) in [6.45, 7) is 0. The summed E-state index contributed by atoms with van der Waals surface area (Å²) >= 11 is 0. The normalized spacial score (nSPS) is 11.6. The third-order valence-electron chi connectivity index (χ3n) is 11.0. The number of furan rings is 1. The third-order valence-corrected chi connectivity index (χ3v) is 11.0. The summed E-state index contributed by atoms with van der Waals surface area (Å²) in [4.78, 5) is 2.38. The fourth-order valence-electron chi connectivity index (χ4n) is 8.46. The molecule has 0 radical (unpaired) electrons. The Balaban J connectivity index is 1.10. The summed E-state index contributed by atoms with van der Waals surface area (Å²) in [5.74, 6) is 0. The summed E-state index contributed by atoms with van der Waals surface area (Å²) in [6.07, 6.45) is 0. The van der Waals surface area contributed by atoms with Gasteiger partial charge in [-0.1, -0.05) is 146 Å². The Kier molecular flexibility index (Phi) is 7.17. The van der Waals surface area contributed by atoms with Gasteiger partial charge in [-0.2, -0.15) is 0 Å².